The van der Waals surface area contributed by atoms with Crippen LogP contribution in [0, 0.1) is 11.8 Å². The third-order valence-corrected chi connectivity index (χ3v) is 6.27. The van der Waals surface area contributed by atoms with Gasteiger partial charge in [0.1, 0.15) is 0 Å². The molecule has 0 saturated carbocycles. The van der Waals surface area contributed by atoms with Crippen LogP contribution in [0.15, 0.2) is 6.20 Å². The quantitative estimate of drug-likeness (QED) is 0.780. The molecule has 2 bridgehead atoms. The SMILES string of the molecule is Cl.Cl.Cn1cc(Cl)c(C(=O)NC[C@H]2[C@@H]3CNC[C@@H](C3)[C@@H]3CCCCN32)n1. The number of carbonyl (C=O) groups is 1. The Labute approximate surface area is 172 Å². The molecular weight excluding hydrogens is 397 g/mol. The number of carbonyl (C=O) groups excluding carboxylic acids is 1. The van der Waals surface area contributed by atoms with Crippen molar-refractivity contribution >= 4 is 42.3 Å². The molecular formula is C17H28Cl3N5O. The Morgan fingerprint density at radius 1 is 1.35 bits per heavy atom. The number of piperidine rings is 3. The summed E-state index contributed by atoms with van der Waals surface area (Å²) in [6.45, 7) is 4.06. The second-order valence-corrected chi connectivity index (χ2v) is 7.90. The zero-order valence-corrected chi connectivity index (χ0v) is 17.4. The topological polar surface area (TPSA) is 62.2 Å². The van der Waals surface area contributed by atoms with Crippen molar-refractivity contribution in [2.75, 3.05) is 26.2 Å². The number of aryl methyl sites for hydroxylation is 1. The minimum Gasteiger partial charge on any atom is -0.349 e. The predicted octanol–water partition coefficient (Wildman–Crippen LogP) is 2.11. The van der Waals surface area contributed by atoms with Crippen LogP contribution in [-0.4, -0.2) is 58.9 Å². The smallest absolute Gasteiger partial charge is 0.273 e. The van der Waals surface area contributed by atoms with E-state index in [1.807, 2.05) is 0 Å². The summed E-state index contributed by atoms with van der Waals surface area (Å²) in [5.41, 5.74) is 0.324. The summed E-state index contributed by atoms with van der Waals surface area (Å²) < 4.78 is 1.58. The maximum atomic E-state index is 12.4. The van der Waals surface area contributed by atoms with Crippen molar-refractivity contribution in [2.24, 2.45) is 18.9 Å². The van der Waals surface area contributed by atoms with Gasteiger partial charge in [0.05, 0.1) is 5.02 Å². The van der Waals surface area contributed by atoms with Gasteiger partial charge in [0, 0.05) is 31.9 Å². The van der Waals surface area contributed by atoms with Crippen LogP contribution < -0.4 is 10.6 Å². The highest BCUT2D eigenvalue weighted by Crippen LogP contribution is 2.38. The van der Waals surface area contributed by atoms with Crippen molar-refractivity contribution in [1.29, 1.82) is 0 Å². The molecule has 9 heteroatoms. The lowest BCUT2D eigenvalue weighted by molar-refractivity contribution is -0.0371. The molecule has 1 aromatic rings. The van der Waals surface area contributed by atoms with Crippen molar-refractivity contribution in [3.8, 4) is 0 Å². The van der Waals surface area contributed by atoms with Crippen molar-refractivity contribution in [2.45, 2.75) is 37.8 Å². The number of fused-ring (bicyclic) bond motifs is 4. The predicted molar refractivity (Wildman–Crippen MR) is 108 cm³/mol. The van der Waals surface area contributed by atoms with Gasteiger partial charge in [-0.1, -0.05) is 18.0 Å². The zero-order valence-electron chi connectivity index (χ0n) is 15.0. The third kappa shape index (κ3) is 4.14. The molecule has 1 amide bonds. The number of amides is 1. The summed E-state index contributed by atoms with van der Waals surface area (Å²) in [4.78, 5) is 15.1. The molecule has 4 rings (SSSR count). The van der Waals surface area contributed by atoms with E-state index >= 15 is 0 Å². The van der Waals surface area contributed by atoms with E-state index in [1.165, 1.54) is 32.2 Å². The molecule has 3 saturated heterocycles. The Bertz CT molecular complexity index is 626. The normalized spacial score (nSPS) is 30.5. The highest BCUT2D eigenvalue weighted by atomic mass is 35.5. The second kappa shape index (κ2) is 9.11. The highest BCUT2D eigenvalue weighted by molar-refractivity contribution is 6.33. The van der Waals surface area contributed by atoms with Crippen LogP contribution in [0.3, 0.4) is 0 Å². The summed E-state index contributed by atoms with van der Waals surface area (Å²) in [7, 11) is 1.77. The van der Waals surface area contributed by atoms with Gasteiger partial charge in [-0.2, -0.15) is 5.10 Å². The lowest BCUT2D eigenvalue weighted by Gasteiger charge is -2.55. The standard InChI is InChI=1S/C17H26ClN5O.2ClH/c1-22-10-13(18)16(21-22)17(24)20-9-15-12-6-11(7-19-8-12)14-4-2-3-5-23(14)15;;/h10-12,14-15,19H,2-9H2,1H3,(H,20,24);2*1H/t11-,12+,14+,15+;;/m1../s1. The van der Waals surface area contributed by atoms with E-state index in [4.69, 9.17) is 11.6 Å². The van der Waals surface area contributed by atoms with Crippen LogP contribution in [0.5, 0.6) is 0 Å². The number of nitrogens with zero attached hydrogens (tertiary/aromatic N) is 3. The highest BCUT2D eigenvalue weighted by Gasteiger charge is 2.45. The summed E-state index contributed by atoms with van der Waals surface area (Å²) in [6, 6.07) is 1.11. The molecule has 0 aromatic carbocycles. The molecule has 0 radical (unpaired) electrons. The van der Waals surface area contributed by atoms with Gasteiger partial charge in [-0.25, -0.2) is 0 Å². The van der Waals surface area contributed by atoms with E-state index in [9.17, 15) is 4.79 Å². The van der Waals surface area contributed by atoms with Crippen LogP contribution >= 0.6 is 36.4 Å². The van der Waals surface area contributed by atoms with E-state index < -0.39 is 0 Å². The van der Waals surface area contributed by atoms with Crippen LogP contribution in [0.4, 0.5) is 0 Å². The Balaban J connectivity index is 0.00000121. The summed E-state index contributed by atoms with van der Waals surface area (Å²) in [5.74, 6) is 1.24. The fourth-order valence-electron chi connectivity index (χ4n) is 4.94. The van der Waals surface area contributed by atoms with Crippen molar-refractivity contribution in [3.05, 3.63) is 16.9 Å². The fraction of sp³-hybridized carbons (Fsp3) is 0.765. The minimum absolute atomic E-state index is 0. The lowest BCUT2D eigenvalue weighted by atomic mass is 9.73. The van der Waals surface area contributed by atoms with E-state index in [0.29, 0.717) is 35.3 Å². The molecule has 2 N–H and O–H groups in total. The Kier molecular flexibility index (Phi) is 7.62. The van der Waals surface area contributed by atoms with Gasteiger partial charge in [-0.05, 0) is 50.7 Å². The monoisotopic (exact) mass is 423 g/mol. The first-order valence-corrected chi connectivity index (χ1v) is 9.45. The first kappa shape index (κ1) is 21.8. The first-order chi connectivity index (χ1) is 11.6. The maximum absolute atomic E-state index is 12.4. The van der Waals surface area contributed by atoms with Crippen molar-refractivity contribution < 1.29 is 4.79 Å². The summed E-state index contributed by atoms with van der Waals surface area (Å²) in [6.07, 6.45) is 6.87. The molecule has 3 aliphatic rings. The van der Waals surface area contributed by atoms with Crippen LogP contribution in [0.1, 0.15) is 36.2 Å². The number of rotatable bonds is 3. The molecule has 148 valence electrons. The second-order valence-electron chi connectivity index (χ2n) is 7.49. The molecule has 26 heavy (non-hydrogen) atoms. The van der Waals surface area contributed by atoms with Gasteiger partial charge in [0.2, 0.25) is 0 Å². The minimum atomic E-state index is -0.167. The average Bonchev–Trinajstić information content (AvgIpc) is 2.93. The number of nitrogens with one attached hydrogen (secondary N) is 2. The molecule has 4 atom stereocenters. The molecule has 0 aliphatic carbocycles. The van der Waals surface area contributed by atoms with E-state index in [0.717, 1.165) is 19.0 Å². The summed E-state index contributed by atoms with van der Waals surface area (Å²) in [5, 5.41) is 11.3. The van der Waals surface area contributed by atoms with Gasteiger partial charge >= 0.3 is 0 Å². The fourth-order valence-corrected chi connectivity index (χ4v) is 5.21. The van der Waals surface area contributed by atoms with Gasteiger partial charge in [0.25, 0.3) is 5.91 Å². The van der Waals surface area contributed by atoms with E-state index in [2.05, 4.69) is 20.6 Å². The van der Waals surface area contributed by atoms with E-state index in [1.54, 1.807) is 17.9 Å². The van der Waals surface area contributed by atoms with Gasteiger partial charge in [0.15, 0.2) is 5.69 Å². The molecule has 3 aliphatic heterocycles. The number of hydrogen-bond donors (Lipinski definition) is 2. The number of aromatic nitrogens is 2. The largest absolute Gasteiger partial charge is 0.349 e. The first-order valence-electron chi connectivity index (χ1n) is 9.07. The van der Waals surface area contributed by atoms with Gasteiger partial charge < -0.3 is 10.6 Å². The zero-order chi connectivity index (χ0) is 16.7. The molecule has 0 spiro atoms. The number of halogens is 3. The Hall–Kier alpha value is -0.530. The number of hydrogen-bond acceptors (Lipinski definition) is 4. The molecule has 4 heterocycles. The maximum Gasteiger partial charge on any atom is 0.273 e. The average molecular weight is 425 g/mol. The molecule has 1 aromatic heterocycles. The molecule has 3 fully saturated rings. The van der Waals surface area contributed by atoms with Gasteiger partial charge in [-0.15, -0.1) is 24.8 Å². The van der Waals surface area contributed by atoms with Crippen LogP contribution in [-0.2, 0) is 7.05 Å². The molecule has 0 unspecified atom stereocenters. The van der Waals surface area contributed by atoms with Crippen LogP contribution in [0.25, 0.3) is 0 Å². The Morgan fingerprint density at radius 3 is 2.85 bits per heavy atom. The van der Waals surface area contributed by atoms with Crippen molar-refractivity contribution in [3.63, 3.8) is 0 Å². The third-order valence-electron chi connectivity index (χ3n) is 6.00. The van der Waals surface area contributed by atoms with Crippen molar-refractivity contribution in [1.82, 2.24) is 25.3 Å². The lowest BCUT2D eigenvalue weighted by Crippen LogP contribution is -2.65. The van der Waals surface area contributed by atoms with Crippen LogP contribution in [0.2, 0.25) is 5.02 Å². The summed E-state index contributed by atoms with van der Waals surface area (Å²) >= 11 is 6.09. The van der Waals surface area contributed by atoms with Gasteiger partial charge in [-0.3, -0.25) is 14.4 Å². The molecule has 6 nitrogen and oxygen atoms in total. The van der Waals surface area contributed by atoms with E-state index in [-0.39, 0.29) is 30.7 Å². The Morgan fingerprint density at radius 2 is 2.12 bits per heavy atom.